The quantitative estimate of drug-likeness (QED) is 0.762. The smallest absolute Gasteiger partial charge is 0.135 e. The highest BCUT2D eigenvalue weighted by Crippen LogP contribution is 2.29. The third-order valence-electron chi connectivity index (χ3n) is 1.79. The van der Waals surface area contributed by atoms with E-state index in [4.69, 9.17) is 9.52 Å². The molecule has 0 bridgehead atoms. The lowest BCUT2D eigenvalue weighted by atomic mass is 10.3. The van der Waals surface area contributed by atoms with Gasteiger partial charge in [0.1, 0.15) is 11.8 Å². The van der Waals surface area contributed by atoms with Gasteiger partial charge in [-0.15, -0.1) is 11.8 Å². The van der Waals surface area contributed by atoms with E-state index in [1.807, 2.05) is 24.3 Å². The number of aliphatic hydroxyl groups is 1. The lowest BCUT2D eigenvalue weighted by Gasteiger charge is -1.93. The van der Waals surface area contributed by atoms with Gasteiger partial charge in [-0.25, -0.2) is 0 Å². The van der Waals surface area contributed by atoms with Crippen LogP contribution in [-0.4, -0.2) is 17.5 Å². The van der Waals surface area contributed by atoms with Crippen LogP contribution in [0.3, 0.4) is 0 Å². The molecule has 0 spiro atoms. The minimum atomic E-state index is 0.199. The Kier molecular flexibility index (Phi) is 2.57. The van der Waals surface area contributed by atoms with Crippen LogP contribution in [0.5, 0.6) is 0 Å². The van der Waals surface area contributed by atoms with Crippen molar-refractivity contribution in [3.05, 3.63) is 30.5 Å². The summed E-state index contributed by atoms with van der Waals surface area (Å²) in [7, 11) is 0. The summed E-state index contributed by atoms with van der Waals surface area (Å²) in [6.07, 6.45) is 1.74. The van der Waals surface area contributed by atoms with E-state index in [1.54, 1.807) is 18.0 Å². The third-order valence-corrected chi connectivity index (χ3v) is 2.81. The van der Waals surface area contributed by atoms with Crippen molar-refractivity contribution in [1.82, 2.24) is 0 Å². The molecule has 1 aromatic heterocycles. The molecule has 0 aliphatic carbocycles. The van der Waals surface area contributed by atoms with Crippen LogP contribution < -0.4 is 0 Å². The van der Waals surface area contributed by atoms with Crippen molar-refractivity contribution in [1.29, 1.82) is 0 Å². The minimum absolute atomic E-state index is 0.199. The normalized spacial score (nSPS) is 10.8. The average Bonchev–Trinajstić information content (AvgIpc) is 2.58. The monoisotopic (exact) mass is 194 g/mol. The van der Waals surface area contributed by atoms with Gasteiger partial charge in [-0.3, -0.25) is 0 Å². The second-order valence-electron chi connectivity index (χ2n) is 2.67. The maximum atomic E-state index is 8.69. The van der Waals surface area contributed by atoms with Crippen LogP contribution >= 0.6 is 11.8 Å². The van der Waals surface area contributed by atoms with Gasteiger partial charge in [0.2, 0.25) is 0 Å². The molecule has 0 fully saturated rings. The van der Waals surface area contributed by atoms with Crippen molar-refractivity contribution in [2.24, 2.45) is 0 Å². The van der Waals surface area contributed by atoms with Crippen LogP contribution in [0.4, 0.5) is 0 Å². The zero-order valence-corrected chi connectivity index (χ0v) is 7.88. The Morgan fingerprint density at radius 2 is 2.15 bits per heavy atom. The molecule has 2 aromatic rings. The van der Waals surface area contributed by atoms with E-state index in [2.05, 4.69) is 0 Å². The summed E-state index contributed by atoms with van der Waals surface area (Å²) in [5, 5.41) is 9.81. The van der Waals surface area contributed by atoms with Crippen molar-refractivity contribution in [2.75, 3.05) is 12.4 Å². The van der Waals surface area contributed by atoms with Gasteiger partial charge in [0.15, 0.2) is 0 Å². The van der Waals surface area contributed by atoms with Gasteiger partial charge in [-0.05, 0) is 12.1 Å². The zero-order chi connectivity index (χ0) is 9.10. The van der Waals surface area contributed by atoms with Crippen LogP contribution in [0.15, 0.2) is 39.8 Å². The lowest BCUT2D eigenvalue weighted by molar-refractivity contribution is 0.322. The van der Waals surface area contributed by atoms with Gasteiger partial charge >= 0.3 is 0 Å². The van der Waals surface area contributed by atoms with Gasteiger partial charge in [-0.1, -0.05) is 12.1 Å². The van der Waals surface area contributed by atoms with Crippen molar-refractivity contribution < 1.29 is 9.52 Å². The molecule has 0 saturated carbocycles. The molecule has 0 aliphatic heterocycles. The highest BCUT2D eigenvalue weighted by Gasteiger charge is 2.03. The number of rotatable bonds is 3. The molecule has 3 heteroatoms. The van der Waals surface area contributed by atoms with E-state index in [0.717, 1.165) is 15.9 Å². The zero-order valence-electron chi connectivity index (χ0n) is 7.06. The number of thioether (sulfide) groups is 1. The standard InChI is InChI=1S/C10H10O2S/c11-5-6-13-10-7-12-9-4-2-1-3-8(9)10/h1-4,7,11H,5-6H2. The number of benzene rings is 1. The summed E-state index contributed by atoms with van der Waals surface area (Å²) in [5.41, 5.74) is 0.905. The number of para-hydroxylation sites is 1. The van der Waals surface area contributed by atoms with Crippen molar-refractivity contribution in [2.45, 2.75) is 4.90 Å². The number of hydrogen-bond donors (Lipinski definition) is 1. The maximum Gasteiger partial charge on any atom is 0.135 e. The second-order valence-corrected chi connectivity index (χ2v) is 3.80. The molecule has 1 heterocycles. The third kappa shape index (κ3) is 1.71. The highest BCUT2D eigenvalue weighted by atomic mass is 32.2. The fourth-order valence-corrected chi connectivity index (χ4v) is 1.97. The van der Waals surface area contributed by atoms with Crippen LogP contribution in [0.2, 0.25) is 0 Å². The van der Waals surface area contributed by atoms with Crippen molar-refractivity contribution in [3.8, 4) is 0 Å². The Morgan fingerprint density at radius 3 is 3.00 bits per heavy atom. The average molecular weight is 194 g/mol. The Morgan fingerprint density at radius 1 is 1.31 bits per heavy atom. The lowest BCUT2D eigenvalue weighted by Crippen LogP contribution is -1.83. The maximum absolute atomic E-state index is 8.69. The van der Waals surface area contributed by atoms with Crippen LogP contribution in [0, 0.1) is 0 Å². The predicted octanol–water partition coefficient (Wildman–Crippen LogP) is 2.52. The molecule has 0 aliphatic rings. The molecular weight excluding hydrogens is 184 g/mol. The predicted molar refractivity (Wildman–Crippen MR) is 54.0 cm³/mol. The van der Waals surface area contributed by atoms with Gasteiger partial charge in [-0.2, -0.15) is 0 Å². The van der Waals surface area contributed by atoms with Gasteiger partial charge < -0.3 is 9.52 Å². The molecule has 2 rings (SSSR count). The molecule has 0 atom stereocenters. The summed E-state index contributed by atoms with van der Waals surface area (Å²) in [6, 6.07) is 7.91. The molecule has 0 saturated heterocycles. The molecule has 68 valence electrons. The molecular formula is C10H10O2S. The molecule has 1 aromatic carbocycles. The van der Waals surface area contributed by atoms with E-state index < -0.39 is 0 Å². The first-order valence-electron chi connectivity index (χ1n) is 4.11. The first-order valence-corrected chi connectivity index (χ1v) is 5.10. The van der Waals surface area contributed by atoms with Crippen LogP contribution in [0.1, 0.15) is 0 Å². The Bertz CT molecular complexity index is 394. The summed E-state index contributed by atoms with van der Waals surface area (Å²) in [4.78, 5) is 1.10. The minimum Gasteiger partial charge on any atom is -0.463 e. The van der Waals surface area contributed by atoms with Crippen molar-refractivity contribution in [3.63, 3.8) is 0 Å². The molecule has 0 unspecified atom stereocenters. The molecule has 13 heavy (non-hydrogen) atoms. The summed E-state index contributed by atoms with van der Waals surface area (Å²) < 4.78 is 5.34. The summed E-state index contributed by atoms with van der Waals surface area (Å²) in [6.45, 7) is 0.199. The van der Waals surface area contributed by atoms with E-state index >= 15 is 0 Å². The number of fused-ring (bicyclic) bond motifs is 1. The molecule has 0 radical (unpaired) electrons. The molecule has 0 amide bonds. The first-order chi connectivity index (χ1) is 6.42. The summed E-state index contributed by atoms with van der Waals surface area (Å²) >= 11 is 1.61. The second kappa shape index (κ2) is 3.85. The number of hydrogen-bond acceptors (Lipinski definition) is 3. The molecule has 1 N–H and O–H groups in total. The van der Waals surface area contributed by atoms with E-state index in [0.29, 0.717) is 5.75 Å². The number of furan rings is 1. The van der Waals surface area contributed by atoms with E-state index in [9.17, 15) is 0 Å². The topological polar surface area (TPSA) is 33.4 Å². The van der Waals surface area contributed by atoms with Crippen molar-refractivity contribution >= 4 is 22.7 Å². The van der Waals surface area contributed by atoms with E-state index in [1.165, 1.54) is 0 Å². The SMILES string of the molecule is OCCSc1coc2ccccc12. The van der Waals surface area contributed by atoms with E-state index in [-0.39, 0.29) is 6.61 Å². The van der Waals surface area contributed by atoms with Gasteiger partial charge in [0, 0.05) is 11.1 Å². The Hall–Kier alpha value is -0.930. The van der Waals surface area contributed by atoms with Crippen LogP contribution in [-0.2, 0) is 0 Å². The highest BCUT2D eigenvalue weighted by molar-refractivity contribution is 7.99. The van der Waals surface area contributed by atoms with Gasteiger partial charge in [0.25, 0.3) is 0 Å². The summed E-state index contributed by atoms with van der Waals surface area (Å²) in [5.74, 6) is 0.712. The fraction of sp³-hybridized carbons (Fsp3) is 0.200. The fourth-order valence-electron chi connectivity index (χ4n) is 1.22. The van der Waals surface area contributed by atoms with Gasteiger partial charge in [0.05, 0.1) is 11.5 Å². The molecule has 2 nitrogen and oxygen atoms in total. The largest absolute Gasteiger partial charge is 0.463 e. The van der Waals surface area contributed by atoms with Crippen LogP contribution in [0.25, 0.3) is 11.0 Å². The number of aliphatic hydroxyl groups excluding tert-OH is 1. The first kappa shape index (κ1) is 8.66. The Labute approximate surface area is 80.6 Å². The Balaban J connectivity index is 2.35.